The molecule has 0 atom stereocenters. The van der Waals surface area contributed by atoms with Crippen molar-refractivity contribution in [2.24, 2.45) is 0 Å². The number of nitrogens with zero attached hydrogens (tertiary/aromatic N) is 1. The Morgan fingerprint density at radius 3 is 2.67 bits per heavy atom. The molecule has 3 N–H and O–H groups in total. The van der Waals surface area contributed by atoms with Gasteiger partial charge in [0.2, 0.25) is 5.91 Å². The van der Waals surface area contributed by atoms with E-state index in [-0.39, 0.29) is 18.9 Å². The van der Waals surface area contributed by atoms with Gasteiger partial charge in [-0.15, -0.1) is 0 Å². The molecule has 7 heteroatoms. The van der Waals surface area contributed by atoms with Crippen molar-refractivity contribution in [3.63, 3.8) is 0 Å². The van der Waals surface area contributed by atoms with Gasteiger partial charge in [-0.25, -0.2) is 0 Å². The summed E-state index contributed by atoms with van der Waals surface area (Å²) in [6.45, 7) is 0.390. The van der Waals surface area contributed by atoms with Crippen LogP contribution in [0.5, 0.6) is 0 Å². The van der Waals surface area contributed by atoms with E-state index >= 15 is 0 Å². The van der Waals surface area contributed by atoms with Gasteiger partial charge in [0.05, 0.1) is 6.42 Å². The fourth-order valence-electron chi connectivity index (χ4n) is 1.78. The molecule has 0 aromatic heterocycles. The number of benzene rings is 1. The van der Waals surface area contributed by atoms with Gasteiger partial charge in [-0.2, -0.15) is 13.2 Å². The SMILES string of the molecule is CN(CCCC(=O)Nc1cccc(N)c1)CCC(F)(F)F. The van der Waals surface area contributed by atoms with Gasteiger partial charge in [-0.1, -0.05) is 6.07 Å². The maximum absolute atomic E-state index is 12.0. The lowest BCUT2D eigenvalue weighted by Crippen LogP contribution is -2.26. The van der Waals surface area contributed by atoms with Crippen molar-refractivity contribution in [2.45, 2.75) is 25.4 Å². The van der Waals surface area contributed by atoms with E-state index in [4.69, 9.17) is 5.73 Å². The van der Waals surface area contributed by atoms with Crippen molar-refractivity contribution < 1.29 is 18.0 Å². The van der Waals surface area contributed by atoms with Gasteiger partial charge in [0.1, 0.15) is 0 Å². The van der Waals surface area contributed by atoms with Crippen LogP contribution in [0.15, 0.2) is 24.3 Å². The van der Waals surface area contributed by atoms with Gasteiger partial charge in [0.25, 0.3) is 0 Å². The fourth-order valence-corrected chi connectivity index (χ4v) is 1.78. The lowest BCUT2D eigenvalue weighted by atomic mass is 10.2. The first-order valence-corrected chi connectivity index (χ1v) is 6.67. The first-order chi connectivity index (χ1) is 9.76. The lowest BCUT2D eigenvalue weighted by molar-refractivity contribution is -0.137. The average Bonchev–Trinajstić information content (AvgIpc) is 2.35. The summed E-state index contributed by atoms with van der Waals surface area (Å²) in [7, 11) is 1.61. The predicted octanol–water partition coefficient (Wildman–Crippen LogP) is 2.87. The zero-order valence-electron chi connectivity index (χ0n) is 11.9. The zero-order chi connectivity index (χ0) is 15.9. The number of carbonyl (C=O) groups excluding carboxylic acids is 1. The number of hydrogen-bond donors (Lipinski definition) is 2. The van der Waals surface area contributed by atoms with Gasteiger partial charge in [0, 0.05) is 24.3 Å². The van der Waals surface area contributed by atoms with Gasteiger partial charge < -0.3 is 16.0 Å². The van der Waals surface area contributed by atoms with Crippen molar-refractivity contribution in [2.75, 3.05) is 31.2 Å². The van der Waals surface area contributed by atoms with Crippen molar-refractivity contribution in [1.29, 1.82) is 0 Å². The first kappa shape index (κ1) is 17.3. The van der Waals surface area contributed by atoms with Crippen LogP contribution in [-0.4, -0.2) is 37.1 Å². The van der Waals surface area contributed by atoms with Crippen LogP contribution in [0.1, 0.15) is 19.3 Å². The molecule has 21 heavy (non-hydrogen) atoms. The van der Waals surface area contributed by atoms with Crippen LogP contribution in [0.3, 0.4) is 0 Å². The number of halogens is 3. The highest BCUT2D eigenvalue weighted by Gasteiger charge is 2.26. The predicted molar refractivity (Wildman–Crippen MR) is 76.9 cm³/mol. The molecule has 0 unspecified atom stereocenters. The lowest BCUT2D eigenvalue weighted by Gasteiger charge is -2.17. The third kappa shape index (κ3) is 8.19. The van der Waals surface area contributed by atoms with E-state index in [1.54, 1.807) is 36.2 Å². The molecule has 0 spiro atoms. The Hall–Kier alpha value is -1.76. The highest BCUT2D eigenvalue weighted by atomic mass is 19.4. The Balaban J connectivity index is 2.21. The minimum Gasteiger partial charge on any atom is -0.399 e. The zero-order valence-corrected chi connectivity index (χ0v) is 11.9. The quantitative estimate of drug-likeness (QED) is 0.762. The molecular weight excluding hydrogens is 283 g/mol. The summed E-state index contributed by atoms with van der Waals surface area (Å²) >= 11 is 0. The monoisotopic (exact) mass is 303 g/mol. The Morgan fingerprint density at radius 2 is 2.05 bits per heavy atom. The molecule has 0 radical (unpaired) electrons. The molecule has 0 aliphatic carbocycles. The summed E-state index contributed by atoms with van der Waals surface area (Å²) in [6, 6.07) is 6.82. The van der Waals surface area contributed by atoms with Crippen molar-refractivity contribution in [3.05, 3.63) is 24.3 Å². The molecule has 1 amide bonds. The molecule has 0 heterocycles. The molecule has 1 aromatic carbocycles. The second kappa shape index (κ2) is 7.87. The minimum atomic E-state index is -4.14. The number of hydrogen-bond acceptors (Lipinski definition) is 3. The molecule has 1 aromatic rings. The van der Waals surface area contributed by atoms with E-state index in [1.165, 1.54) is 0 Å². The third-order valence-electron chi connectivity index (χ3n) is 2.89. The smallest absolute Gasteiger partial charge is 0.390 e. The minimum absolute atomic E-state index is 0.0552. The first-order valence-electron chi connectivity index (χ1n) is 6.67. The number of nitrogens with two attached hydrogens (primary N) is 1. The number of alkyl halides is 3. The number of amides is 1. The van der Waals surface area contributed by atoms with Gasteiger partial charge in [0.15, 0.2) is 0 Å². The largest absolute Gasteiger partial charge is 0.399 e. The summed E-state index contributed by atoms with van der Waals surface area (Å²) in [4.78, 5) is 13.2. The van der Waals surface area contributed by atoms with Crippen LogP contribution in [0.2, 0.25) is 0 Å². The van der Waals surface area contributed by atoms with Crippen molar-refractivity contribution in [1.82, 2.24) is 4.90 Å². The topological polar surface area (TPSA) is 58.4 Å². The van der Waals surface area contributed by atoms with Crippen molar-refractivity contribution >= 4 is 17.3 Å². The Morgan fingerprint density at radius 1 is 1.33 bits per heavy atom. The molecule has 0 bridgehead atoms. The average molecular weight is 303 g/mol. The van der Waals surface area contributed by atoms with E-state index in [2.05, 4.69) is 5.32 Å². The van der Waals surface area contributed by atoms with Crippen LogP contribution in [0.4, 0.5) is 24.5 Å². The number of nitrogen functional groups attached to an aromatic ring is 1. The Labute approximate surface area is 122 Å². The number of carbonyl (C=O) groups is 1. The van der Waals surface area contributed by atoms with E-state index in [0.29, 0.717) is 24.3 Å². The van der Waals surface area contributed by atoms with E-state index in [1.807, 2.05) is 0 Å². The van der Waals surface area contributed by atoms with E-state index < -0.39 is 12.6 Å². The number of anilines is 2. The fraction of sp³-hybridized carbons (Fsp3) is 0.500. The molecule has 1 rings (SSSR count). The molecule has 0 aliphatic rings. The molecule has 0 fully saturated rings. The van der Waals surface area contributed by atoms with Gasteiger partial charge >= 0.3 is 6.18 Å². The van der Waals surface area contributed by atoms with Gasteiger partial charge in [-0.05, 0) is 38.2 Å². The van der Waals surface area contributed by atoms with Crippen LogP contribution in [0.25, 0.3) is 0 Å². The second-order valence-corrected chi connectivity index (χ2v) is 4.95. The second-order valence-electron chi connectivity index (χ2n) is 4.95. The highest BCUT2D eigenvalue weighted by molar-refractivity contribution is 5.91. The van der Waals surface area contributed by atoms with E-state index in [0.717, 1.165) is 0 Å². The van der Waals surface area contributed by atoms with Crippen molar-refractivity contribution in [3.8, 4) is 0 Å². The maximum Gasteiger partial charge on any atom is 0.390 e. The van der Waals surface area contributed by atoms with Crippen LogP contribution in [0, 0.1) is 0 Å². The molecule has 0 saturated heterocycles. The van der Waals surface area contributed by atoms with Crippen LogP contribution < -0.4 is 11.1 Å². The summed E-state index contributed by atoms with van der Waals surface area (Å²) in [5, 5.41) is 2.70. The molecule has 0 saturated carbocycles. The summed E-state index contributed by atoms with van der Waals surface area (Å²) in [5.41, 5.74) is 6.76. The number of nitrogens with one attached hydrogen (secondary N) is 1. The van der Waals surface area contributed by atoms with E-state index in [9.17, 15) is 18.0 Å². The molecular formula is C14H20F3N3O. The number of rotatable bonds is 7. The molecule has 4 nitrogen and oxygen atoms in total. The van der Waals surface area contributed by atoms with Crippen LogP contribution in [-0.2, 0) is 4.79 Å². The normalized spacial score (nSPS) is 11.7. The summed E-state index contributed by atoms with van der Waals surface area (Å²) in [5.74, 6) is -0.176. The van der Waals surface area contributed by atoms with Gasteiger partial charge in [-0.3, -0.25) is 4.79 Å². The Kier molecular flexibility index (Phi) is 6.48. The Bertz CT molecular complexity index is 463. The molecule has 118 valence electrons. The van der Waals surface area contributed by atoms with Crippen LogP contribution >= 0.6 is 0 Å². The molecule has 0 aliphatic heterocycles. The maximum atomic E-state index is 12.0. The standard InChI is InChI=1S/C14H20F3N3O/c1-20(9-7-14(15,16)17)8-3-6-13(21)19-12-5-2-4-11(18)10-12/h2,4-5,10H,3,6-9,18H2,1H3,(H,19,21). The highest BCUT2D eigenvalue weighted by Crippen LogP contribution is 2.19. The summed E-state index contributed by atoms with van der Waals surface area (Å²) < 4.78 is 36.1. The summed E-state index contributed by atoms with van der Waals surface area (Å²) in [6.07, 6.45) is -4.22. The third-order valence-corrected chi connectivity index (χ3v) is 2.89.